The average Bonchev–Trinajstić information content (AvgIpc) is 2.35. The van der Waals surface area contributed by atoms with E-state index in [9.17, 15) is 9.59 Å². The van der Waals surface area contributed by atoms with Crippen molar-refractivity contribution >= 4 is 23.8 Å². The predicted octanol–water partition coefficient (Wildman–Crippen LogP) is 0.577. The van der Waals surface area contributed by atoms with E-state index in [-0.39, 0.29) is 18.5 Å². The fraction of sp³-hybridized carbons (Fsp3) is 0.818. The van der Waals surface area contributed by atoms with Gasteiger partial charge >= 0.3 is 12.0 Å². The number of carboxylic acids is 1. The molecular weight excluding hydrogens is 256 g/mol. The Morgan fingerprint density at radius 1 is 1.56 bits per heavy atom. The van der Waals surface area contributed by atoms with Crippen LogP contribution in [0.5, 0.6) is 0 Å². The minimum absolute atomic E-state index is 0.0108. The van der Waals surface area contributed by atoms with Crippen LogP contribution in [0, 0.1) is 0 Å². The molecule has 0 aromatic carbocycles. The van der Waals surface area contributed by atoms with Crippen LogP contribution >= 0.6 is 11.8 Å². The second-order valence-corrected chi connectivity index (χ2v) is 5.37. The highest BCUT2D eigenvalue weighted by Gasteiger charge is 2.30. The Morgan fingerprint density at radius 2 is 2.28 bits per heavy atom. The van der Waals surface area contributed by atoms with Crippen LogP contribution in [0.3, 0.4) is 0 Å². The first-order valence-corrected chi connectivity index (χ1v) is 7.02. The maximum absolute atomic E-state index is 12.2. The van der Waals surface area contributed by atoms with Crippen molar-refractivity contribution < 1.29 is 19.4 Å². The summed E-state index contributed by atoms with van der Waals surface area (Å²) >= 11 is 1.70. The van der Waals surface area contributed by atoms with Crippen LogP contribution in [0.2, 0.25) is 0 Å². The predicted molar refractivity (Wildman–Crippen MR) is 70.0 cm³/mol. The summed E-state index contributed by atoms with van der Waals surface area (Å²) < 4.78 is 4.93. The molecule has 18 heavy (non-hydrogen) atoms. The normalized spacial score (nSPS) is 19.7. The van der Waals surface area contributed by atoms with E-state index in [1.54, 1.807) is 35.7 Å². The van der Waals surface area contributed by atoms with Crippen LogP contribution in [0.1, 0.15) is 6.42 Å². The number of likely N-dealkylation sites (N-methyl/N-ethyl adjacent to an activating group) is 1. The molecule has 1 rings (SSSR count). The molecule has 0 aliphatic carbocycles. The fourth-order valence-electron chi connectivity index (χ4n) is 1.82. The van der Waals surface area contributed by atoms with E-state index >= 15 is 0 Å². The Morgan fingerprint density at radius 3 is 2.89 bits per heavy atom. The van der Waals surface area contributed by atoms with Crippen LogP contribution < -0.4 is 0 Å². The first-order valence-electron chi connectivity index (χ1n) is 5.86. The van der Waals surface area contributed by atoms with Gasteiger partial charge in [0.15, 0.2) is 0 Å². The Labute approximate surface area is 111 Å². The molecule has 1 unspecified atom stereocenters. The summed E-state index contributed by atoms with van der Waals surface area (Å²) in [6.07, 6.45) is 0.0108. The van der Waals surface area contributed by atoms with Crippen molar-refractivity contribution in [2.75, 3.05) is 45.4 Å². The van der Waals surface area contributed by atoms with Crippen LogP contribution in [0.25, 0.3) is 0 Å². The molecule has 1 aliphatic rings. The van der Waals surface area contributed by atoms with Crippen LogP contribution in [0.15, 0.2) is 0 Å². The van der Waals surface area contributed by atoms with Gasteiger partial charge in [0.25, 0.3) is 0 Å². The summed E-state index contributed by atoms with van der Waals surface area (Å²) in [5, 5.41) is 8.86. The van der Waals surface area contributed by atoms with E-state index in [1.165, 1.54) is 0 Å². The molecule has 1 N–H and O–H groups in total. The standard InChI is InChI=1S/C11H20N2O4S/c1-12(3-5-17-2)11(16)13-4-6-18-8-9(13)7-10(14)15/h9H,3-8H2,1-2H3,(H,14,15). The Hall–Kier alpha value is -0.950. The van der Waals surface area contributed by atoms with E-state index in [4.69, 9.17) is 9.84 Å². The minimum atomic E-state index is -0.861. The fourth-order valence-corrected chi connectivity index (χ4v) is 2.88. The molecule has 1 aliphatic heterocycles. The van der Waals surface area contributed by atoms with Crippen LogP contribution in [-0.4, -0.2) is 78.3 Å². The molecule has 0 aromatic rings. The summed E-state index contributed by atoms with van der Waals surface area (Å²) in [6, 6.07) is -0.322. The number of aliphatic carboxylic acids is 1. The Balaban J connectivity index is 2.58. The maximum atomic E-state index is 12.2. The summed E-state index contributed by atoms with van der Waals surface area (Å²) in [4.78, 5) is 26.2. The number of hydrogen-bond acceptors (Lipinski definition) is 4. The lowest BCUT2D eigenvalue weighted by atomic mass is 10.2. The molecule has 6 nitrogen and oxygen atoms in total. The van der Waals surface area contributed by atoms with Gasteiger partial charge in [0.1, 0.15) is 0 Å². The number of nitrogens with zero attached hydrogens (tertiary/aromatic N) is 2. The van der Waals surface area contributed by atoms with Gasteiger partial charge in [0, 0.05) is 38.8 Å². The van der Waals surface area contributed by atoms with E-state index in [0.29, 0.717) is 25.4 Å². The summed E-state index contributed by atoms with van der Waals surface area (Å²) in [6.45, 7) is 1.60. The first kappa shape index (κ1) is 15.1. The number of amides is 2. The van der Waals surface area contributed by atoms with Crippen molar-refractivity contribution in [1.29, 1.82) is 0 Å². The first-order chi connectivity index (χ1) is 8.56. The zero-order valence-corrected chi connectivity index (χ0v) is 11.6. The van der Waals surface area contributed by atoms with Gasteiger partial charge in [-0.25, -0.2) is 4.79 Å². The molecule has 0 bridgehead atoms. The molecule has 0 saturated carbocycles. The van der Waals surface area contributed by atoms with E-state index < -0.39 is 5.97 Å². The molecule has 2 amide bonds. The molecule has 0 radical (unpaired) electrons. The number of methoxy groups -OCH3 is 1. The van der Waals surface area contributed by atoms with Gasteiger partial charge in [0.2, 0.25) is 0 Å². The monoisotopic (exact) mass is 276 g/mol. The highest BCUT2D eigenvalue weighted by molar-refractivity contribution is 7.99. The molecule has 1 atom stereocenters. The number of carboxylic acid groups (broad SMARTS) is 1. The van der Waals surface area contributed by atoms with Gasteiger partial charge in [-0.3, -0.25) is 4.79 Å². The third kappa shape index (κ3) is 4.38. The molecule has 1 saturated heterocycles. The highest BCUT2D eigenvalue weighted by atomic mass is 32.2. The lowest BCUT2D eigenvalue weighted by molar-refractivity contribution is -0.138. The Bertz CT molecular complexity index is 301. The van der Waals surface area contributed by atoms with E-state index in [2.05, 4.69) is 0 Å². The molecule has 104 valence electrons. The largest absolute Gasteiger partial charge is 0.481 e. The molecular formula is C11H20N2O4S. The smallest absolute Gasteiger partial charge is 0.320 e. The zero-order valence-electron chi connectivity index (χ0n) is 10.8. The Kier molecular flexibility index (Phi) is 6.28. The number of carbonyl (C=O) groups excluding carboxylic acids is 1. The van der Waals surface area contributed by atoms with Gasteiger partial charge < -0.3 is 19.6 Å². The summed E-state index contributed by atoms with van der Waals surface area (Å²) in [5.41, 5.74) is 0. The number of thioether (sulfide) groups is 1. The second-order valence-electron chi connectivity index (χ2n) is 4.22. The number of rotatable bonds is 5. The second kappa shape index (κ2) is 7.48. The third-order valence-electron chi connectivity index (χ3n) is 2.84. The van der Waals surface area contributed by atoms with Crippen LogP contribution in [-0.2, 0) is 9.53 Å². The van der Waals surface area contributed by atoms with Crippen molar-refractivity contribution in [2.24, 2.45) is 0 Å². The van der Waals surface area contributed by atoms with Crippen molar-refractivity contribution in [2.45, 2.75) is 12.5 Å². The SMILES string of the molecule is COCCN(C)C(=O)N1CCSCC1CC(=O)O. The third-order valence-corrected chi connectivity index (χ3v) is 3.93. The van der Waals surface area contributed by atoms with Crippen molar-refractivity contribution in [3.8, 4) is 0 Å². The van der Waals surface area contributed by atoms with E-state index in [1.807, 2.05) is 0 Å². The molecule has 0 spiro atoms. The number of hydrogen-bond donors (Lipinski definition) is 1. The number of ether oxygens (including phenoxy) is 1. The number of carbonyl (C=O) groups is 2. The van der Waals surface area contributed by atoms with E-state index in [0.717, 1.165) is 5.75 Å². The van der Waals surface area contributed by atoms with Gasteiger partial charge in [-0.05, 0) is 0 Å². The number of urea groups is 1. The lowest BCUT2D eigenvalue weighted by Gasteiger charge is -2.37. The van der Waals surface area contributed by atoms with Crippen molar-refractivity contribution in [1.82, 2.24) is 9.80 Å². The van der Waals surface area contributed by atoms with Gasteiger partial charge in [-0.15, -0.1) is 0 Å². The van der Waals surface area contributed by atoms with Crippen molar-refractivity contribution in [3.05, 3.63) is 0 Å². The molecule has 1 heterocycles. The van der Waals surface area contributed by atoms with Crippen LogP contribution in [0.4, 0.5) is 4.79 Å². The maximum Gasteiger partial charge on any atom is 0.320 e. The summed E-state index contributed by atoms with van der Waals surface area (Å²) in [7, 11) is 3.30. The zero-order chi connectivity index (χ0) is 13.5. The lowest BCUT2D eigenvalue weighted by Crippen LogP contribution is -2.52. The molecule has 7 heteroatoms. The highest BCUT2D eigenvalue weighted by Crippen LogP contribution is 2.20. The van der Waals surface area contributed by atoms with Gasteiger partial charge in [0.05, 0.1) is 19.1 Å². The molecule has 0 aromatic heterocycles. The average molecular weight is 276 g/mol. The topological polar surface area (TPSA) is 70.1 Å². The van der Waals surface area contributed by atoms with Crippen molar-refractivity contribution in [3.63, 3.8) is 0 Å². The summed E-state index contributed by atoms with van der Waals surface area (Å²) in [5.74, 6) is 0.690. The quantitative estimate of drug-likeness (QED) is 0.795. The minimum Gasteiger partial charge on any atom is -0.481 e. The molecule has 1 fully saturated rings. The van der Waals surface area contributed by atoms with Gasteiger partial charge in [-0.1, -0.05) is 0 Å². The van der Waals surface area contributed by atoms with Gasteiger partial charge in [-0.2, -0.15) is 11.8 Å².